The van der Waals surface area contributed by atoms with Gasteiger partial charge in [-0.05, 0) is 30.7 Å². The number of hydrogen-bond acceptors (Lipinski definition) is 3. The molecule has 3 aromatic heterocycles. The summed E-state index contributed by atoms with van der Waals surface area (Å²) in [6, 6.07) is 12.6. The number of aryl methyl sites for hydroxylation is 1. The molecule has 0 bridgehead atoms. The molecule has 1 aliphatic rings. The van der Waals surface area contributed by atoms with Gasteiger partial charge in [0.05, 0.1) is 29.8 Å². The summed E-state index contributed by atoms with van der Waals surface area (Å²) in [6.07, 6.45) is 5.09. The normalized spacial score (nSPS) is 17.0. The molecule has 4 aromatic rings. The third kappa shape index (κ3) is 2.11. The molecule has 0 aliphatic carbocycles. The van der Waals surface area contributed by atoms with Crippen LogP contribution in [0.1, 0.15) is 24.5 Å². The molecule has 0 saturated carbocycles. The van der Waals surface area contributed by atoms with Crippen molar-refractivity contribution in [2.45, 2.75) is 26.1 Å². The standard InChI is InChI=1S/C21H20N2O2/c1-3-21(24-8-9-25-21)17-11-19-20-16(13-23(19)12-14(17)2)10-15-6-4-5-7-18(15)22-20/h4-7,10-13H,3,8-9H2,1-2H3. The SMILES string of the molecule is CCC1(c2cc3c4nc5ccccc5cc4cn3cc2C)OCCO1. The molecule has 1 aliphatic heterocycles. The fraction of sp³-hybridized carbons (Fsp3) is 0.286. The van der Waals surface area contributed by atoms with Crippen LogP contribution in [0.15, 0.2) is 48.8 Å². The molecule has 1 saturated heterocycles. The van der Waals surface area contributed by atoms with Crippen molar-refractivity contribution in [1.29, 1.82) is 0 Å². The number of aromatic nitrogens is 2. The van der Waals surface area contributed by atoms with E-state index in [-0.39, 0.29) is 0 Å². The van der Waals surface area contributed by atoms with Crippen LogP contribution >= 0.6 is 0 Å². The number of rotatable bonds is 2. The van der Waals surface area contributed by atoms with Crippen LogP contribution < -0.4 is 0 Å². The molecule has 1 fully saturated rings. The van der Waals surface area contributed by atoms with E-state index in [2.05, 4.69) is 54.9 Å². The number of hydrogen-bond donors (Lipinski definition) is 0. The Balaban J connectivity index is 1.82. The van der Waals surface area contributed by atoms with Crippen molar-refractivity contribution in [3.63, 3.8) is 0 Å². The average molecular weight is 332 g/mol. The lowest BCUT2D eigenvalue weighted by molar-refractivity contribution is -0.167. The van der Waals surface area contributed by atoms with E-state index >= 15 is 0 Å². The Kier molecular flexibility index (Phi) is 3.14. The lowest BCUT2D eigenvalue weighted by Crippen LogP contribution is -2.27. The van der Waals surface area contributed by atoms with Gasteiger partial charge in [-0.25, -0.2) is 4.98 Å². The molecule has 4 nitrogen and oxygen atoms in total. The van der Waals surface area contributed by atoms with Gasteiger partial charge in [0.25, 0.3) is 0 Å². The second kappa shape index (κ2) is 5.28. The topological polar surface area (TPSA) is 35.8 Å². The molecular weight excluding hydrogens is 312 g/mol. The molecule has 0 amide bonds. The summed E-state index contributed by atoms with van der Waals surface area (Å²) in [6.45, 7) is 5.51. The van der Waals surface area contributed by atoms with E-state index in [4.69, 9.17) is 14.5 Å². The van der Waals surface area contributed by atoms with E-state index in [1.807, 2.05) is 12.1 Å². The van der Waals surface area contributed by atoms with Gasteiger partial charge in [0, 0.05) is 35.2 Å². The van der Waals surface area contributed by atoms with Gasteiger partial charge in [-0.2, -0.15) is 0 Å². The summed E-state index contributed by atoms with van der Waals surface area (Å²) in [5.41, 5.74) is 5.40. The number of ether oxygens (including phenoxy) is 2. The minimum Gasteiger partial charge on any atom is -0.343 e. The monoisotopic (exact) mass is 332 g/mol. The van der Waals surface area contributed by atoms with Crippen LogP contribution in [0.25, 0.3) is 27.3 Å². The lowest BCUT2D eigenvalue weighted by atomic mass is 9.99. The quantitative estimate of drug-likeness (QED) is 0.540. The average Bonchev–Trinajstić information content (AvgIpc) is 3.23. The highest BCUT2D eigenvalue weighted by Crippen LogP contribution is 2.38. The van der Waals surface area contributed by atoms with Gasteiger partial charge in [0.1, 0.15) is 0 Å². The maximum atomic E-state index is 6.01. The Morgan fingerprint density at radius 3 is 2.68 bits per heavy atom. The van der Waals surface area contributed by atoms with Crippen molar-refractivity contribution in [2.75, 3.05) is 13.2 Å². The highest BCUT2D eigenvalue weighted by atomic mass is 16.7. The first kappa shape index (κ1) is 14.9. The highest BCUT2D eigenvalue weighted by molar-refractivity contribution is 6.01. The molecular formula is C21H20N2O2. The van der Waals surface area contributed by atoms with Gasteiger partial charge in [-0.15, -0.1) is 0 Å². The van der Waals surface area contributed by atoms with Gasteiger partial charge in [0.2, 0.25) is 0 Å². The molecule has 0 spiro atoms. The Labute approximate surface area is 146 Å². The molecule has 0 N–H and O–H groups in total. The van der Waals surface area contributed by atoms with Gasteiger partial charge in [-0.3, -0.25) is 0 Å². The zero-order chi connectivity index (χ0) is 17.0. The molecule has 4 heterocycles. The first-order chi connectivity index (χ1) is 12.2. The van der Waals surface area contributed by atoms with Crippen LogP contribution in [0.3, 0.4) is 0 Å². The molecule has 1 aromatic carbocycles. The molecule has 25 heavy (non-hydrogen) atoms. The smallest absolute Gasteiger partial charge is 0.195 e. The summed E-state index contributed by atoms with van der Waals surface area (Å²) in [7, 11) is 0. The zero-order valence-electron chi connectivity index (χ0n) is 14.5. The zero-order valence-corrected chi connectivity index (χ0v) is 14.5. The lowest BCUT2D eigenvalue weighted by Gasteiger charge is -2.28. The van der Waals surface area contributed by atoms with E-state index in [0.29, 0.717) is 13.2 Å². The van der Waals surface area contributed by atoms with Gasteiger partial charge in [-0.1, -0.05) is 25.1 Å². The van der Waals surface area contributed by atoms with E-state index < -0.39 is 5.79 Å². The van der Waals surface area contributed by atoms with Crippen molar-refractivity contribution >= 4 is 27.3 Å². The van der Waals surface area contributed by atoms with Crippen molar-refractivity contribution < 1.29 is 9.47 Å². The second-order valence-electron chi connectivity index (χ2n) is 6.71. The Bertz CT molecular complexity index is 1110. The van der Waals surface area contributed by atoms with E-state index in [1.165, 1.54) is 5.56 Å². The second-order valence-corrected chi connectivity index (χ2v) is 6.71. The molecule has 0 atom stereocenters. The van der Waals surface area contributed by atoms with Gasteiger partial charge >= 0.3 is 0 Å². The van der Waals surface area contributed by atoms with Crippen LogP contribution in [0.4, 0.5) is 0 Å². The van der Waals surface area contributed by atoms with Crippen LogP contribution in [0.2, 0.25) is 0 Å². The summed E-state index contributed by atoms with van der Waals surface area (Å²) >= 11 is 0. The Morgan fingerprint density at radius 1 is 1.08 bits per heavy atom. The number of pyridine rings is 2. The summed E-state index contributed by atoms with van der Waals surface area (Å²) in [5, 5.41) is 2.31. The minimum absolute atomic E-state index is 0.626. The molecule has 0 radical (unpaired) electrons. The van der Waals surface area contributed by atoms with E-state index in [9.17, 15) is 0 Å². The first-order valence-electron chi connectivity index (χ1n) is 8.79. The van der Waals surface area contributed by atoms with Crippen molar-refractivity contribution in [1.82, 2.24) is 9.38 Å². The minimum atomic E-state index is -0.626. The fourth-order valence-corrected chi connectivity index (χ4v) is 3.97. The van der Waals surface area contributed by atoms with Crippen LogP contribution in [-0.2, 0) is 15.3 Å². The van der Waals surface area contributed by atoms with Crippen molar-refractivity contribution in [3.05, 3.63) is 59.9 Å². The predicted molar refractivity (Wildman–Crippen MR) is 98.8 cm³/mol. The van der Waals surface area contributed by atoms with E-state index in [1.54, 1.807) is 0 Å². The summed E-state index contributed by atoms with van der Waals surface area (Å²) < 4.78 is 14.2. The van der Waals surface area contributed by atoms with Crippen molar-refractivity contribution in [2.24, 2.45) is 0 Å². The Morgan fingerprint density at radius 2 is 1.88 bits per heavy atom. The van der Waals surface area contributed by atoms with Crippen LogP contribution in [-0.4, -0.2) is 22.6 Å². The highest BCUT2D eigenvalue weighted by Gasteiger charge is 2.38. The summed E-state index contributed by atoms with van der Waals surface area (Å²) in [5.74, 6) is -0.626. The molecule has 0 unspecified atom stereocenters. The first-order valence-corrected chi connectivity index (χ1v) is 8.79. The maximum Gasteiger partial charge on any atom is 0.195 e. The largest absolute Gasteiger partial charge is 0.343 e. The fourth-order valence-electron chi connectivity index (χ4n) is 3.97. The van der Waals surface area contributed by atoms with Crippen LogP contribution in [0.5, 0.6) is 0 Å². The van der Waals surface area contributed by atoms with Crippen molar-refractivity contribution in [3.8, 4) is 0 Å². The number of benzene rings is 1. The van der Waals surface area contributed by atoms with Crippen LogP contribution in [0, 0.1) is 6.92 Å². The third-order valence-electron chi connectivity index (χ3n) is 5.22. The number of fused-ring (bicyclic) bond motifs is 4. The number of nitrogens with zero attached hydrogens (tertiary/aromatic N) is 2. The Hall–Kier alpha value is -2.43. The summed E-state index contributed by atoms with van der Waals surface area (Å²) in [4.78, 5) is 4.91. The number of para-hydroxylation sites is 1. The molecule has 126 valence electrons. The predicted octanol–water partition coefficient (Wildman–Crippen LogP) is 4.56. The maximum absolute atomic E-state index is 6.01. The van der Waals surface area contributed by atoms with Gasteiger partial charge in [0.15, 0.2) is 5.79 Å². The van der Waals surface area contributed by atoms with Gasteiger partial charge < -0.3 is 13.9 Å². The molecule has 5 rings (SSSR count). The molecule has 4 heteroatoms. The van der Waals surface area contributed by atoms with E-state index in [0.717, 1.165) is 39.3 Å². The third-order valence-corrected chi connectivity index (χ3v) is 5.22.